The molecule has 0 amide bonds. The number of aliphatic hydroxyl groups is 2. The Labute approximate surface area is 144 Å². The van der Waals surface area contributed by atoms with E-state index < -0.39 is 31.3 Å². The molecular weight excluding hydrogens is 349 g/mol. The minimum Gasteiger partial charge on any atom is -0.508 e. The molecule has 2 unspecified atom stereocenters. The molecular formula is C16H20NO7P. The lowest BCUT2D eigenvalue weighted by Crippen LogP contribution is -2.35. The third-order valence-electron chi connectivity index (χ3n) is 3.77. The average molecular weight is 369 g/mol. The van der Waals surface area contributed by atoms with Crippen LogP contribution in [0.5, 0.6) is 5.75 Å². The van der Waals surface area contributed by atoms with Crippen molar-refractivity contribution in [3.05, 3.63) is 53.4 Å². The number of carbonyl (C=O) groups is 1. The molecule has 136 valence electrons. The Bertz CT molecular complexity index is 753. The van der Waals surface area contributed by atoms with Gasteiger partial charge >= 0.3 is 7.75 Å². The monoisotopic (exact) mass is 369 g/mol. The van der Waals surface area contributed by atoms with E-state index >= 15 is 0 Å². The third kappa shape index (κ3) is 5.72. The van der Waals surface area contributed by atoms with Crippen molar-refractivity contribution in [2.24, 2.45) is 5.92 Å². The molecule has 0 aromatic heterocycles. The highest BCUT2D eigenvalue weighted by molar-refractivity contribution is 7.49. The summed E-state index contributed by atoms with van der Waals surface area (Å²) in [4.78, 5) is 30.1. The van der Waals surface area contributed by atoms with E-state index in [0.717, 1.165) is 17.7 Å². The Balaban J connectivity index is 2.02. The predicted octanol–water partition coefficient (Wildman–Crippen LogP) is 1.28. The van der Waals surface area contributed by atoms with Crippen molar-refractivity contribution in [1.29, 1.82) is 0 Å². The zero-order valence-corrected chi connectivity index (χ0v) is 14.1. The Morgan fingerprint density at radius 1 is 1.20 bits per heavy atom. The van der Waals surface area contributed by atoms with Gasteiger partial charge in [-0.15, -0.1) is 0 Å². The SMILES string of the molecule is O=C1C=C(O)C=C(NP(=O)(O)O)C1C(O)CCCc1cccc(O)c1. The Morgan fingerprint density at radius 3 is 2.56 bits per heavy atom. The summed E-state index contributed by atoms with van der Waals surface area (Å²) >= 11 is 0. The molecule has 0 aliphatic heterocycles. The van der Waals surface area contributed by atoms with Gasteiger partial charge in [-0.2, -0.15) is 0 Å². The number of phenols is 1. The van der Waals surface area contributed by atoms with Crippen molar-refractivity contribution >= 4 is 13.5 Å². The van der Waals surface area contributed by atoms with Gasteiger partial charge < -0.3 is 25.1 Å². The smallest absolute Gasteiger partial charge is 0.427 e. The number of ketones is 1. The van der Waals surface area contributed by atoms with Crippen LogP contribution in [-0.2, 0) is 15.8 Å². The molecule has 6 N–H and O–H groups in total. The lowest BCUT2D eigenvalue weighted by Gasteiger charge is -2.27. The molecule has 2 rings (SSSR count). The minimum atomic E-state index is -4.69. The summed E-state index contributed by atoms with van der Waals surface area (Å²) in [6, 6.07) is 6.66. The van der Waals surface area contributed by atoms with Crippen LogP contribution in [0.3, 0.4) is 0 Å². The number of aryl methyl sites for hydroxylation is 1. The first-order valence-electron chi connectivity index (χ1n) is 7.61. The summed E-state index contributed by atoms with van der Waals surface area (Å²) in [5, 5.41) is 31.1. The summed E-state index contributed by atoms with van der Waals surface area (Å²) in [5.74, 6) is -2.13. The number of benzene rings is 1. The zero-order valence-electron chi connectivity index (χ0n) is 13.2. The van der Waals surface area contributed by atoms with Crippen LogP contribution >= 0.6 is 7.75 Å². The second kappa shape index (κ2) is 7.84. The van der Waals surface area contributed by atoms with Crippen LogP contribution < -0.4 is 5.09 Å². The van der Waals surface area contributed by atoms with Crippen LogP contribution in [0.1, 0.15) is 18.4 Å². The Hall–Kier alpha value is -2.12. The average Bonchev–Trinajstić information content (AvgIpc) is 2.44. The molecule has 9 heteroatoms. The van der Waals surface area contributed by atoms with Crippen LogP contribution in [0.15, 0.2) is 47.9 Å². The van der Waals surface area contributed by atoms with Crippen LogP contribution in [0, 0.1) is 5.92 Å². The number of aromatic hydroxyl groups is 1. The first kappa shape index (κ1) is 19.2. The second-order valence-corrected chi connectivity index (χ2v) is 7.15. The van der Waals surface area contributed by atoms with Crippen molar-refractivity contribution in [1.82, 2.24) is 5.09 Å². The van der Waals surface area contributed by atoms with Gasteiger partial charge in [-0.05, 0) is 37.0 Å². The molecule has 0 bridgehead atoms. The molecule has 1 aromatic carbocycles. The molecule has 0 saturated heterocycles. The van der Waals surface area contributed by atoms with Crippen LogP contribution in [0.2, 0.25) is 0 Å². The molecule has 0 spiro atoms. The van der Waals surface area contributed by atoms with Gasteiger partial charge in [0.1, 0.15) is 11.5 Å². The molecule has 0 fully saturated rings. The van der Waals surface area contributed by atoms with Gasteiger partial charge in [0.15, 0.2) is 5.78 Å². The molecule has 0 saturated carbocycles. The molecule has 2 atom stereocenters. The van der Waals surface area contributed by atoms with Crippen molar-refractivity contribution in [2.75, 3.05) is 0 Å². The summed E-state index contributed by atoms with van der Waals surface area (Å²) in [6.45, 7) is 0. The van der Waals surface area contributed by atoms with Crippen LogP contribution in [-0.4, -0.2) is 37.0 Å². The fourth-order valence-electron chi connectivity index (χ4n) is 2.74. The summed E-state index contributed by atoms with van der Waals surface area (Å²) < 4.78 is 11.1. The van der Waals surface area contributed by atoms with Gasteiger partial charge in [-0.25, -0.2) is 4.57 Å². The van der Waals surface area contributed by atoms with E-state index in [1.807, 2.05) is 11.2 Å². The largest absolute Gasteiger partial charge is 0.508 e. The Kier molecular flexibility index (Phi) is 6.02. The van der Waals surface area contributed by atoms with E-state index in [9.17, 15) is 24.7 Å². The molecule has 25 heavy (non-hydrogen) atoms. The van der Waals surface area contributed by atoms with Gasteiger partial charge in [0.05, 0.1) is 12.0 Å². The quantitative estimate of drug-likeness (QED) is 0.394. The summed E-state index contributed by atoms with van der Waals surface area (Å²) in [6.07, 6.45) is 1.99. The highest BCUT2D eigenvalue weighted by atomic mass is 31.2. The van der Waals surface area contributed by atoms with Gasteiger partial charge in [0.25, 0.3) is 0 Å². The number of aliphatic hydroxyl groups excluding tert-OH is 2. The lowest BCUT2D eigenvalue weighted by atomic mass is 9.87. The summed E-state index contributed by atoms with van der Waals surface area (Å²) in [7, 11) is -4.69. The highest BCUT2D eigenvalue weighted by Gasteiger charge is 2.34. The molecule has 0 heterocycles. The number of carbonyl (C=O) groups excluding carboxylic acids is 1. The number of allylic oxidation sites excluding steroid dienone is 2. The molecule has 1 aliphatic carbocycles. The van der Waals surface area contributed by atoms with Gasteiger partial charge in [0, 0.05) is 17.8 Å². The number of hydrogen-bond acceptors (Lipinski definition) is 5. The van der Waals surface area contributed by atoms with E-state index in [-0.39, 0.29) is 17.9 Å². The minimum absolute atomic E-state index is 0.136. The lowest BCUT2D eigenvalue weighted by molar-refractivity contribution is -0.120. The third-order valence-corrected chi connectivity index (χ3v) is 4.32. The fraction of sp³-hybridized carbons (Fsp3) is 0.312. The normalized spacial score (nSPS) is 19.2. The van der Waals surface area contributed by atoms with Crippen molar-refractivity contribution in [3.8, 4) is 5.75 Å². The van der Waals surface area contributed by atoms with E-state index in [1.165, 1.54) is 0 Å². The number of rotatable bonds is 7. The van der Waals surface area contributed by atoms with Gasteiger partial charge in [-0.3, -0.25) is 9.88 Å². The van der Waals surface area contributed by atoms with Crippen molar-refractivity contribution in [2.45, 2.75) is 25.4 Å². The maximum Gasteiger partial charge on any atom is 0.427 e. The van der Waals surface area contributed by atoms with Gasteiger partial charge in [-0.1, -0.05) is 12.1 Å². The van der Waals surface area contributed by atoms with E-state index in [1.54, 1.807) is 18.2 Å². The molecule has 1 aromatic rings. The van der Waals surface area contributed by atoms with E-state index in [4.69, 9.17) is 9.79 Å². The second-order valence-electron chi connectivity index (χ2n) is 5.83. The fourth-order valence-corrected chi connectivity index (χ4v) is 3.28. The van der Waals surface area contributed by atoms with Crippen LogP contribution in [0.4, 0.5) is 0 Å². The molecule has 1 aliphatic rings. The molecule has 0 radical (unpaired) electrons. The first-order valence-corrected chi connectivity index (χ1v) is 9.23. The van der Waals surface area contributed by atoms with Crippen molar-refractivity contribution < 1.29 is 34.5 Å². The highest BCUT2D eigenvalue weighted by Crippen LogP contribution is 2.35. The topological polar surface area (TPSA) is 147 Å². The van der Waals surface area contributed by atoms with Crippen molar-refractivity contribution in [3.63, 3.8) is 0 Å². The standard InChI is InChI=1S/C16H20NO7P/c18-11-5-1-3-10(7-11)4-2-6-14(20)16-13(17-25(22,23)24)8-12(19)9-15(16)21/h1,3,5,7-9,14,16,18-20H,2,4,6H2,(H3,17,22,23,24). The number of hydrogen-bond donors (Lipinski definition) is 6. The molecule has 8 nitrogen and oxygen atoms in total. The number of phenolic OH excluding ortho intramolecular Hbond substituents is 1. The van der Waals surface area contributed by atoms with E-state index in [2.05, 4.69) is 0 Å². The first-order chi connectivity index (χ1) is 11.7. The maximum atomic E-state index is 12.1. The van der Waals surface area contributed by atoms with Gasteiger partial charge in [0.2, 0.25) is 0 Å². The van der Waals surface area contributed by atoms with Crippen LogP contribution in [0.25, 0.3) is 0 Å². The number of nitrogens with one attached hydrogen (secondary N) is 1. The Morgan fingerprint density at radius 2 is 1.92 bits per heavy atom. The maximum absolute atomic E-state index is 12.1. The zero-order chi connectivity index (χ0) is 18.6. The predicted molar refractivity (Wildman–Crippen MR) is 89.5 cm³/mol. The van der Waals surface area contributed by atoms with E-state index in [0.29, 0.717) is 12.8 Å². The summed E-state index contributed by atoms with van der Waals surface area (Å²) in [5.41, 5.74) is 0.645.